The second-order valence-corrected chi connectivity index (χ2v) is 8.33. The van der Waals surface area contributed by atoms with Gasteiger partial charge in [-0.3, -0.25) is 10.1 Å². The Labute approximate surface area is 182 Å². The number of hydrogen-bond donors (Lipinski definition) is 1. The molecular weight excluding hydrogens is 460 g/mol. The van der Waals surface area contributed by atoms with Crippen molar-refractivity contribution >= 4 is 56.5 Å². The Balaban J connectivity index is 1.48. The zero-order valence-corrected chi connectivity index (χ0v) is 17.2. The molecule has 0 aliphatic carbocycles. The van der Waals surface area contributed by atoms with Crippen LogP contribution < -0.4 is 5.32 Å². The summed E-state index contributed by atoms with van der Waals surface area (Å²) in [5, 5.41) is 3.79. The number of thiazole rings is 1. The number of furan rings is 1. The molecular formula is C20H11Cl2F3N2O2S. The minimum Gasteiger partial charge on any atom is -0.451 e. The molecule has 0 fully saturated rings. The second-order valence-electron chi connectivity index (χ2n) is 6.37. The van der Waals surface area contributed by atoms with Crippen LogP contribution in [0.4, 0.5) is 18.3 Å². The summed E-state index contributed by atoms with van der Waals surface area (Å²) < 4.78 is 44.6. The van der Waals surface area contributed by atoms with Crippen LogP contribution in [0.1, 0.15) is 26.6 Å². The fourth-order valence-electron chi connectivity index (χ4n) is 2.83. The predicted molar refractivity (Wildman–Crippen MR) is 111 cm³/mol. The second kappa shape index (κ2) is 7.94. The van der Waals surface area contributed by atoms with Gasteiger partial charge in [0.1, 0.15) is 5.58 Å². The van der Waals surface area contributed by atoms with Gasteiger partial charge in [0.15, 0.2) is 10.9 Å². The molecule has 4 aromatic rings. The molecule has 0 radical (unpaired) electrons. The first-order valence-electron chi connectivity index (χ1n) is 8.50. The van der Waals surface area contributed by atoms with Crippen molar-refractivity contribution in [1.82, 2.24) is 4.98 Å². The number of aromatic nitrogens is 1. The van der Waals surface area contributed by atoms with Crippen molar-refractivity contribution in [2.24, 2.45) is 0 Å². The normalized spacial score (nSPS) is 11.8. The summed E-state index contributed by atoms with van der Waals surface area (Å²) in [5.41, 5.74) is 0.0692. The Kier molecular flexibility index (Phi) is 5.48. The molecule has 2 heterocycles. The highest BCUT2D eigenvalue weighted by Gasteiger charge is 2.33. The Morgan fingerprint density at radius 2 is 1.93 bits per heavy atom. The summed E-state index contributed by atoms with van der Waals surface area (Å²) in [6.45, 7) is 0. The summed E-state index contributed by atoms with van der Waals surface area (Å²) in [7, 11) is 0. The number of anilines is 1. The molecule has 154 valence electrons. The lowest BCUT2D eigenvalue weighted by Gasteiger charge is -2.10. The summed E-state index contributed by atoms with van der Waals surface area (Å²) in [5.74, 6) is -0.398. The first kappa shape index (κ1) is 20.7. The third-order valence-electron chi connectivity index (χ3n) is 4.19. The van der Waals surface area contributed by atoms with Crippen LogP contribution in [0.3, 0.4) is 0 Å². The van der Waals surface area contributed by atoms with Gasteiger partial charge in [0.2, 0.25) is 0 Å². The van der Waals surface area contributed by atoms with E-state index in [1.807, 2.05) is 0 Å². The number of nitrogens with zero attached hydrogens (tertiary/aromatic N) is 1. The van der Waals surface area contributed by atoms with E-state index in [0.717, 1.165) is 17.4 Å². The van der Waals surface area contributed by atoms with Crippen LogP contribution in [0.2, 0.25) is 10.0 Å². The lowest BCUT2D eigenvalue weighted by molar-refractivity contribution is -0.137. The maximum atomic E-state index is 13.0. The smallest absolute Gasteiger partial charge is 0.417 e. The van der Waals surface area contributed by atoms with Crippen LogP contribution in [0, 0.1) is 0 Å². The molecule has 30 heavy (non-hydrogen) atoms. The number of fused-ring (bicyclic) bond motifs is 1. The number of amides is 1. The zero-order valence-electron chi connectivity index (χ0n) is 14.9. The minimum atomic E-state index is -4.53. The van der Waals surface area contributed by atoms with E-state index in [-0.39, 0.29) is 17.2 Å². The van der Waals surface area contributed by atoms with E-state index in [4.69, 9.17) is 27.6 Å². The number of alkyl halides is 3. The Morgan fingerprint density at radius 1 is 1.13 bits per heavy atom. The van der Waals surface area contributed by atoms with Gasteiger partial charge in [0, 0.05) is 27.9 Å². The van der Waals surface area contributed by atoms with Gasteiger partial charge in [-0.05, 0) is 42.0 Å². The van der Waals surface area contributed by atoms with Crippen LogP contribution in [-0.2, 0) is 12.6 Å². The molecule has 0 saturated heterocycles. The fraction of sp³-hybridized carbons (Fsp3) is 0.100. The van der Waals surface area contributed by atoms with Gasteiger partial charge in [0.25, 0.3) is 5.91 Å². The molecule has 0 unspecified atom stereocenters. The molecule has 0 saturated carbocycles. The largest absolute Gasteiger partial charge is 0.451 e. The highest BCUT2D eigenvalue weighted by atomic mass is 35.5. The third-order valence-corrected chi connectivity index (χ3v) is 5.67. The maximum Gasteiger partial charge on any atom is 0.417 e. The van der Waals surface area contributed by atoms with Gasteiger partial charge in [-0.25, -0.2) is 4.98 Å². The Hall–Kier alpha value is -2.55. The van der Waals surface area contributed by atoms with Gasteiger partial charge in [-0.15, -0.1) is 11.3 Å². The number of halogens is 5. The fourth-order valence-corrected chi connectivity index (χ4v) is 4.08. The molecule has 2 aromatic heterocycles. The first-order valence-corrected chi connectivity index (χ1v) is 10.1. The van der Waals surface area contributed by atoms with Gasteiger partial charge in [0.05, 0.1) is 10.6 Å². The molecule has 4 rings (SSSR count). The molecule has 4 nitrogen and oxygen atoms in total. The average Bonchev–Trinajstić information content (AvgIpc) is 3.28. The molecule has 1 N–H and O–H groups in total. The number of benzene rings is 2. The van der Waals surface area contributed by atoms with E-state index in [0.29, 0.717) is 31.6 Å². The van der Waals surface area contributed by atoms with Crippen molar-refractivity contribution in [2.75, 3.05) is 5.32 Å². The van der Waals surface area contributed by atoms with Crippen LogP contribution in [0.25, 0.3) is 11.0 Å². The summed E-state index contributed by atoms with van der Waals surface area (Å²) in [6.07, 6.45) is -2.81. The molecule has 2 aromatic carbocycles. The first-order chi connectivity index (χ1) is 14.2. The van der Waals surface area contributed by atoms with Crippen molar-refractivity contribution in [1.29, 1.82) is 0 Å². The van der Waals surface area contributed by atoms with E-state index in [9.17, 15) is 18.0 Å². The highest BCUT2D eigenvalue weighted by molar-refractivity contribution is 7.15. The molecule has 0 aliphatic rings. The quantitative estimate of drug-likeness (QED) is 0.347. The van der Waals surface area contributed by atoms with Crippen molar-refractivity contribution in [2.45, 2.75) is 12.6 Å². The lowest BCUT2D eigenvalue weighted by atomic mass is 10.1. The van der Waals surface area contributed by atoms with Crippen molar-refractivity contribution in [3.63, 3.8) is 0 Å². The average molecular weight is 471 g/mol. The summed E-state index contributed by atoms with van der Waals surface area (Å²) in [6, 6.07) is 10.3. The van der Waals surface area contributed by atoms with Crippen molar-refractivity contribution in [3.05, 3.63) is 80.5 Å². The number of carbonyl (C=O) groups is 1. The van der Waals surface area contributed by atoms with Gasteiger partial charge < -0.3 is 4.42 Å². The van der Waals surface area contributed by atoms with E-state index in [2.05, 4.69) is 10.3 Å². The van der Waals surface area contributed by atoms with E-state index in [1.165, 1.54) is 18.3 Å². The standard InChI is InChI=1S/C20H11Cl2F3N2O2S/c21-12-2-4-16-11(7-12)8-17(29-16)18(28)27-19-26-9-13(30-19)5-10-1-3-15(22)14(6-10)20(23,24)25/h1-4,6-9H,5H2,(H,26,27,28). The zero-order chi connectivity index (χ0) is 21.5. The number of carbonyl (C=O) groups excluding carboxylic acids is 1. The lowest BCUT2D eigenvalue weighted by Crippen LogP contribution is -2.10. The van der Waals surface area contributed by atoms with Crippen molar-refractivity contribution in [3.8, 4) is 0 Å². The number of nitrogens with one attached hydrogen (secondary N) is 1. The maximum absolute atomic E-state index is 13.0. The summed E-state index contributed by atoms with van der Waals surface area (Å²) >= 11 is 12.7. The molecule has 0 atom stereocenters. The van der Waals surface area contributed by atoms with Gasteiger partial charge >= 0.3 is 6.18 Å². The van der Waals surface area contributed by atoms with E-state index >= 15 is 0 Å². The molecule has 0 bridgehead atoms. The van der Waals surface area contributed by atoms with Crippen molar-refractivity contribution < 1.29 is 22.4 Å². The molecule has 1 amide bonds. The van der Waals surface area contributed by atoms with Gasteiger partial charge in [-0.1, -0.05) is 29.3 Å². The van der Waals surface area contributed by atoms with Gasteiger partial charge in [-0.2, -0.15) is 13.2 Å². The molecule has 0 aliphatic heterocycles. The van der Waals surface area contributed by atoms with Crippen LogP contribution in [-0.4, -0.2) is 10.9 Å². The molecule has 10 heteroatoms. The topological polar surface area (TPSA) is 55.1 Å². The SMILES string of the molecule is O=C(Nc1ncc(Cc2ccc(Cl)c(C(F)(F)F)c2)s1)c1cc2cc(Cl)ccc2o1. The van der Waals surface area contributed by atoms with E-state index < -0.39 is 17.6 Å². The minimum absolute atomic E-state index is 0.0940. The number of rotatable bonds is 4. The third kappa shape index (κ3) is 4.45. The molecule has 0 spiro atoms. The summed E-state index contributed by atoms with van der Waals surface area (Å²) in [4.78, 5) is 17.2. The number of hydrogen-bond acceptors (Lipinski definition) is 4. The Morgan fingerprint density at radius 3 is 2.70 bits per heavy atom. The van der Waals surface area contributed by atoms with Crippen LogP contribution >= 0.6 is 34.5 Å². The highest BCUT2D eigenvalue weighted by Crippen LogP contribution is 2.36. The monoisotopic (exact) mass is 470 g/mol. The predicted octanol–water partition coefficient (Wildman–Crippen LogP) is 7.06. The Bertz CT molecular complexity index is 1250. The van der Waals surface area contributed by atoms with E-state index in [1.54, 1.807) is 24.3 Å². The van der Waals surface area contributed by atoms with Crippen LogP contribution in [0.5, 0.6) is 0 Å². The van der Waals surface area contributed by atoms with Crippen LogP contribution in [0.15, 0.2) is 53.1 Å².